The Morgan fingerprint density at radius 2 is 1.73 bits per heavy atom. The SMILES string of the molecule is Cc1cc(C)n2c(SCc3cccc(Oc4ccccc4)c3)nnc2n1. The van der Waals surface area contributed by atoms with E-state index >= 15 is 0 Å². The summed E-state index contributed by atoms with van der Waals surface area (Å²) in [5.41, 5.74) is 3.20. The lowest BCUT2D eigenvalue weighted by molar-refractivity contribution is 0.482. The molecule has 0 N–H and O–H groups in total. The Morgan fingerprint density at radius 1 is 0.923 bits per heavy atom. The monoisotopic (exact) mass is 362 g/mol. The predicted octanol–water partition coefficient (Wildman–Crippen LogP) is 4.83. The normalized spacial score (nSPS) is 11.0. The number of nitrogens with zero attached hydrogens (tertiary/aromatic N) is 4. The van der Waals surface area contributed by atoms with Gasteiger partial charge in [-0.05, 0) is 49.7 Å². The van der Waals surface area contributed by atoms with Crippen LogP contribution in [0.3, 0.4) is 0 Å². The van der Waals surface area contributed by atoms with E-state index < -0.39 is 0 Å². The molecule has 4 rings (SSSR count). The van der Waals surface area contributed by atoms with Crippen molar-refractivity contribution in [2.45, 2.75) is 24.8 Å². The van der Waals surface area contributed by atoms with E-state index in [4.69, 9.17) is 4.74 Å². The maximum atomic E-state index is 5.91. The van der Waals surface area contributed by atoms with E-state index in [0.29, 0.717) is 5.78 Å². The van der Waals surface area contributed by atoms with Crippen LogP contribution in [0.25, 0.3) is 5.78 Å². The van der Waals surface area contributed by atoms with Crippen molar-refractivity contribution in [3.05, 3.63) is 77.6 Å². The first kappa shape index (κ1) is 16.6. The van der Waals surface area contributed by atoms with Gasteiger partial charge in [-0.15, -0.1) is 10.2 Å². The summed E-state index contributed by atoms with van der Waals surface area (Å²) in [4.78, 5) is 4.43. The molecule has 0 radical (unpaired) electrons. The van der Waals surface area contributed by atoms with Gasteiger partial charge in [0, 0.05) is 17.1 Å². The van der Waals surface area contributed by atoms with E-state index in [2.05, 4.69) is 27.3 Å². The zero-order valence-electron chi connectivity index (χ0n) is 14.6. The third-order valence-electron chi connectivity index (χ3n) is 3.91. The van der Waals surface area contributed by atoms with Crippen LogP contribution in [0.5, 0.6) is 11.5 Å². The van der Waals surface area contributed by atoms with Gasteiger partial charge in [-0.3, -0.25) is 4.40 Å². The molecule has 2 aromatic heterocycles. The number of rotatable bonds is 5. The number of hydrogen-bond donors (Lipinski definition) is 0. The molecule has 0 spiro atoms. The summed E-state index contributed by atoms with van der Waals surface area (Å²) in [5.74, 6) is 3.08. The zero-order chi connectivity index (χ0) is 17.9. The molecule has 2 heterocycles. The molecule has 6 heteroatoms. The van der Waals surface area contributed by atoms with Crippen LogP contribution >= 0.6 is 11.8 Å². The zero-order valence-corrected chi connectivity index (χ0v) is 15.4. The molecule has 26 heavy (non-hydrogen) atoms. The topological polar surface area (TPSA) is 52.3 Å². The second kappa shape index (κ2) is 7.17. The third-order valence-corrected chi connectivity index (χ3v) is 4.91. The molecule has 2 aromatic carbocycles. The van der Waals surface area contributed by atoms with Gasteiger partial charge in [-0.1, -0.05) is 42.1 Å². The van der Waals surface area contributed by atoms with Crippen LogP contribution < -0.4 is 4.74 Å². The Morgan fingerprint density at radius 3 is 2.58 bits per heavy atom. The van der Waals surface area contributed by atoms with Crippen molar-refractivity contribution >= 4 is 17.5 Å². The van der Waals surface area contributed by atoms with E-state index in [9.17, 15) is 0 Å². The third kappa shape index (κ3) is 3.55. The fourth-order valence-corrected chi connectivity index (χ4v) is 3.69. The van der Waals surface area contributed by atoms with Crippen LogP contribution in [-0.4, -0.2) is 19.6 Å². The molecule has 0 unspecified atom stereocenters. The van der Waals surface area contributed by atoms with Crippen LogP contribution in [0.4, 0.5) is 0 Å². The number of para-hydroxylation sites is 1. The highest BCUT2D eigenvalue weighted by Crippen LogP contribution is 2.26. The first-order valence-electron chi connectivity index (χ1n) is 8.33. The minimum absolute atomic E-state index is 0.645. The van der Waals surface area contributed by atoms with Gasteiger partial charge in [0.05, 0.1) is 0 Å². The number of fused-ring (bicyclic) bond motifs is 1. The number of hydrogen-bond acceptors (Lipinski definition) is 5. The molecule has 0 aliphatic rings. The summed E-state index contributed by atoms with van der Waals surface area (Å²) in [6.45, 7) is 4.01. The van der Waals surface area contributed by atoms with Crippen molar-refractivity contribution in [1.29, 1.82) is 0 Å². The Bertz CT molecular complexity index is 1050. The molecule has 4 aromatic rings. The van der Waals surface area contributed by atoms with Gasteiger partial charge in [0.1, 0.15) is 11.5 Å². The molecule has 130 valence electrons. The van der Waals surface area contributed by atoms with Crippen LogP contribution in [0.2, 0.25) is 0 Å². The number of ether oxygens (including phenoxy) is 1. The molecule has 0 bridgehead atoms. The van der Waals surface area contributed by atoms with Crippen LogP contribution in [0.1, 0.15) is 17.0 Å². The standard InChI is InChI=1S/C20H18N4OS/c1-14-11-15(2)24-19(21-14)22-23-20(24)26-13-16-7-6-10-18(12-16)25-17-8-4-3-5-9-17/h3-12H,13H2,1-2H3. The summed E-state index contributed by atoms with van der Waals surface area (Å²) < 4.78 is 7.89. The lowest BCUT2D eigenvalue weighted by atomic mass is 10.2. The molecule has 0 fully saturated rings. The Hall–Kier alpha value is -2.86. The maximum absolute atomic E-state index is 5.91. The molecule has 5 nitrogen and oxygen atoms in total. The largest absolute Gasteiger partial charge is 0.457 e. The van der Waals surface area contributed by atoms with Gasteiger partial charge >= 0.3 is 0 Å². The Kier molecular flexibility index (Phi) is 4.58. The van der Waals surface area contributed by atoms with Gasteiger partial charge < -0.3 is 4.74 Å². The average molecular weight is 362 g/mol. The lowest BCUT2D eigenvalue weighted by Gasteiger charge is -2.08. The van der Waals surface area contributed by atoms with Gasteiger partial charge in [-0.25, -0.2) is 4.98 Å². The van der Waals surface area contributed by atoms with E-state index in [-0.39, 0.29) is 0 Å². The van der Waals surface area contributed by atoms with Gasteiger partial charge in [0.2, 0.25) is 0 Å². The summed E-state index contributed by atoms with van der Waals surface area (Å²) in [7, 11) is 0. The highest BCUT2D eigenvalue weighted by atomic mass is 32.2. The average Bonchev–Trinajstić information content (AvgIpc) is 3.04. The number of thioether (sulfide) groups is 1. The van der Waals surface area contributed by atoms with Crippen molar-refractivity contribution in [1.82, 2.24) is 19.6 Å². The van der Waals surface area contributed by atoms with Crippen LogP contribution in [-0.2, 0) is 5.75 Å². The second-order valence-electron chi connectivity index (χ2n) is 6.01. The molecule has 0 aliphatic carbocycles. The highest BCUT2D eigenvalue weighted by molar-refractivity contribution is 7.98. The quantitative estimate of drug-likeness (QED) is 0.476. The van der Waals surface area contributed by atoms with E-state index in [1.807, 2.05) is 66.8 Å². The van der Waals surface area contributed by atoms with Gasteiger partial charge in [0.25, 0.3) is 5.78 Å². The summed E-state index contributed by atoms with van der Waals surface area (Å²) in [6.07, 6.45) is 0. The molecular weight excluding hydrogens is 344 g/mol. The number of benzene rings is 2. The van der Waals surface area contributed by atoms with Crippen LogP contribution in [0.15, 0.2) is 65.8 Å². The molecule has 0 saturated carbocycles. The van der Waals surface area contributed by atoms with E-state index in [1.165, 1.54) is 0 Å². The first-order valence-corrected chi connectivity index (χ1v) is 9.31. The van der Waals surface area contributed by atoms with Crippen molar-refractivity contribution in [3.8, 4) is 11.5 Å². The minimum Gasteiger partial charge on any atom is -0.457 e. The smallest absolute Gasteiger partial charge is 0.256 e. The molecule has 0 amide bonds. The predicted molar refractivity (Wildman–Crippen MR) is 103 cm³/mol. The number of aromatic nitrogens is 4. The second-order valence-corrected chi connectivity index (χ2v) is 6.95. The molecule has 0 aliphatic heterocycles. The molecular formula is C20H18N4OS. The maximum Gasteiger partial charge on any atom is 0.256 e. The molecule has 0 atom stereocenters. The van der Waals surface area contributed by atoms with E-state index in [1.54, 1.807) is 11.8 Å². The highest BCUT2D eigenvalue weighted by Gasteiger charge is 2.10. The van der Waals surface area contributed by atoms with Gasteiger partial charge in [0.15, 0.2) is 5.16 Å². The number of aryl methyl sites for hydroxylation is 2. The fourth-order valence-electron chi connectivity index (χ4n) is 2.76. The van der Waals surface area contributed by atoms with Crippen molar-refractivity contribution in [3.63, 3.8) is 0 Å². The minimum atomic E-state index is 0.645. The Balaban J connectivity index is 1.51. The summed E-state index contributed by atoms with van der Waals surface area (Å²) >= 11 is 1.64. The summed E-state index contributed by atoms with van der Waals surface area (Å²) in [6, 6.07) is 19.9. The Labute approximate surface area is 156 Å². The van der Waals surface area contributed by atoms with Crippen molar-refractivity contribution < 1.29 is 4.74 Å². The van der Waals surface area contributed by atoms with Crippen molar-refractivity contribution in [2.75, 3.05) is 0 Å². The fraction of sp³-hybridized carbons (Fsp3) is 0.150. The van der Waals surface area contributed by atoms with Gasteiger partial charge in [-0.2, -0.15) is 0 Å². The molecule has 0 saturated heterocycles. The summed E-state index contributed by atoms with van der Waals surface area (Å²) in [5, 5.41) is 9.31. The first-order chi connectivity index (χ1) is 12.7. The van der Waals surface area contributed by atoms with Crippen molar-refractivity contribution in [2.24, 2.45) is 0 Å². The lowest BCUT2D eigenvalue weighted by Crippen LogP contribution is -1.97. The van der Waals surface area contributed by atoms with Crippen LogP contribution in [0, 0.1) is 13.8 Å². The van der Waals surface area contributed by atoms with E-state index in [0.717, 1.165) is 39.4 Å².